The van der Waals surface area contributed by atoms with Crippen LogP contribution in [0.2, 0.25) is 0 Å². The number of alkyl halides is 3. The first-order valence-corrected chi connectivity index (χ1v) is 5.10. The van der Waals surface area contributed by atoms with Crippen LogP contribution in [0.5, 0.6) is 5.88 Å². The van der Waals surface area contributed by atoms with Crippen molar-refractivity contribution < 1.29 is 25.8 Å². The lowest BCUT2D eigenvalue weighted by Gasteiger charge is -2.08. The molecular weight excluding hydrogens is 247 g/mol. The van der Waals surface area contributed by atoms with Crippen molar-refractivity contribution in [1.82, 2.24) is 4.98 Å². The van der Waals surface area contributed by atoms with Crippen LogP contribution in [0, 0.1) is 12.3 Å². The molecule has 0 atom stereocenters. The summed E-state index contributed by atoms with van der Waals surface area (Å²) in [5.41, 5.74) is -5.34. The van der Waals surface area contributed by atoms with E-state index in [1.54, 1.807) is 0 Å². The third-order valence-electron chi connectivity index (χ3n) is 1.38. The van der Waals surface area contributed by atoms with Crippen LogP contribution in [0.3, 0.4) is 0 Å². The zero-order chi connectivity index (χ0) is 12.4. The Morgan fingerprint density at radius 3 is 2.56 bits per heavy atom. The Bertz CT molecular complexity index is 530. The van der Waals surface area contributed by atoms with Gasteiger partial charge >= 0.3 is 15.6 Å². The molecule has 0 aliphatic carbocycles. The summed E-state index contributed by atoms with van der Waals surface area (Å²) in [4.78, 5) is 3.29. The van der Waals surface area contributed by atoms with E-state index in [1.807, 2.05) is 0 Å². The maximum Gasteiger partial charge on any atom is 0.534 e. The van der Waals surface area contributed by atoms with Gasteiger partial charge in [-0.1, -0.05) is 5.92 Å². The average molecular weight is 251 g/mol. The molecule has 86 valence electrons. The third kappa shape index (κ3) is 2.64. The summed E-state index contributed by atoms with van der Waals surface area (Å²) >= 11 is 0. The number of terminal acetylenes is 1. The molecule has 16 heavy (non-hydrogen) atoms. The minimum Gasteiger partial charge on any atom is -0.355 e. The first kappa shape index (κ1) is 12.3. The highest BCUT2D eigenvalue weighted by Gasteiger charge is 2.48. The molecule has 0 radical (unpaired) electrons. The Morgan fingerprint density at radius 2 is 2.06 bits per heavy atom. The van der Waals surface area contributed by atoms with Crippen LogP contribution in [0.4, 0.5) is 13.2 Å². The van der Waals surface area contributed by atoms with Gasteiger partial charge in [0.05, 0.1) is 0 Å². The summed E-state index contributed by atoms with van der Waals surface area (Å²) in [6, 6.07) is 2.22. The molecule has 4 nitrogen and oxygen atoms in total. The van der Waals surface area contributed by atoms with Gasteiger partial charge in [0.2, 0.25) is 5.88 Å². The van der Waals surface area contributed by atoms with E-state index in [1.165, 1.54) is 6.07 Å². The predicted molar refractivity (Wildman–Crippen MR) is 47.8 cm³/mol. The molecule has 8 heteroatoms. The number of hydrogen-bond acceptors (Lipinski definition) is 4. The number of pyridine rings is 1. The van der Waals surface area contributed by atoms with E-state index in [-0.39, 0.29) is 5.56 Å². The summed E-state index contributed by atoms with van der Waals surface area (Å²) in [7, 11) is -5.71. The molecular formula is C8H4F3NO3S. The molecule has 0 saturated carbocycles. The normalized spacial score (nSPS) is 11.9. The molecule has 0 amide bonds. The molecule has 1 heterocycles. The van der Waals surface area contributed by atoms with Gasteiger partial charge in [0.25, 0.3) is 0 Å². The van der Waals surface area contributed by atoms with Gasteiger partial charge in [-0.3, -0.25) is 0 Å². The number of aromatic nitrogens is 1. The summed E-state index contributed by atoms with van der Waals surface area (Å²) in [5.74, 6) is 1.37. The lowest BCUT2D eigenvalue weighted by atomic mass is 10.3. The summed E-state index contributed by atoms with van der Waals surface area (Å²) in [6.45, 7) is 0. The molecule has 0 saturated heterocycles. The first-order chi connectivity index (χ1) is 7.26. The molecule has 0 aliphatic rings. The molecule has 0 aromatic carbocycles. The zero-order valence-electron chi connectivity index (χ0n) is 7.52. The molecule has 1 aromatic heterocycles. The Hall–Kier alpha value is -1.75. The number of halogens is 3. The topological polar surface area (TPSA) is 56.3 Å². The molecule has 1 aromatic rings. The maximum atomic E-state index is 11.9. The minimum absolute atomic E-state index is 0.155. The lowest BCUT2D eigenvalue weighted by Crippen LogP contribution is -2.28. The highest BCUT2D eigenvalue weighted by Crippen LogP contribution is 2.25. The van der Waals surface area contributed by atoms with Gasteiger partial charge in [0.15, 0.2) is 0 Å². The van der Waals surface area contributed by atoms with E-state index in [4.69, 9.17) is 6.42 Å². The van der Waals surface area contributed by atoms with Gasteiger partial charge in [0, 0.05) is 17.8 Å². The van der Waals surface area contributed by atoms with Crippen molar-refractivity contribution >= 4 is 10.1 Å². The van der Waals surface area contributed by atoms with E-state index >= 15 is 0 Å². The van der Waals surface area contributed by atoms with Crippen molar-refractivity contribution in [3.63, 3.8) is 0 Å². The maximum absolute atomic E-state index is 11.9. The molecule has 1 rings (SSSR count). The van der Waals surface area contributed by atoms with E-state index in [9.17, 15) is 21.6 Å². The van der Waals surface area contributed by atoms with Crippen LogP contribution >= 0.6 is 0 Å². The third-order valence-corrected chi connectivity index (χ3v) is 2.34. The standard InChI is InChI=1S/C8H4F3NO3S/c1-2-6-3-4-12-7(5-6)15-16(13,14)8(9,10)11/h1,3-5H. The molecule has 0 unspecified atom stereocenters. The minimum atomic E-state index is -5.71. The fourth-order valence-electron chi connectivity index (χ4n) is 0.704. The van der Waals surface area contributed by atoms with Gasteiger partial charge in [-0.15, -0.1) is 6.42 Å². The van der Waals surface area contributed by atoms with Crippen LogP contribution in [0.15, 0.2) is 18.3 Å². The second kappa shape index (κ2) is 4.02. The van der Waals surface area contributed by atoms with Crippen molar-refractivity contribution in [3.8, 4) is 18.2 Å². The van der Waals surface area contributed by atoms with Crippen molar-refractivity contribution in [2.45, 2.75) is 5.51 Å². The zero-order valence-corrected chi connectivity index (χ0v) is 8.34. The van der Waals surface area contributed by atoms with Gasteiger partial charge < -0.3 is 4.18 Å². The van der Waals surface area contributed by atoms with E-state index < -0.39 is 21.5 Å². The largest absolute Gasteiger partial charge is 0.534 e. The van der Waals surface area contributed by atoms with Crippen molar-refractivity contribution in [2.75, 3.05) is 0 Å². The van der Waals surface area contributed by atoms with Crippen LogP contribution in [-0.2, 0) is 10.1 Å². The number of nitrogens with zero attached hydrogens (tertiary/aromatic N) is 1. The lowest BCUT2D eigenvalue weighted by molar-refractivity contribution is -0.0501. The molecule has 0 fully saturated rings. The van der Waals surface area contributed by atoms with Crippen molar-refractivity contribution in [2.24, 2.45) is 0 Å². The van der Waals surface area contributed by atoms with Crippen LogP contribution in [0.1, 0.15) is 5.56 Å². The predicted octanol–water partition coefficient (Wildman–Crippen LogP) is 1.29. The quantitative estimate of drug-likeness (QED) is 0.451. The highest BCUT2D eigenvalue weighted by molar-refractivity contribution is 7.87. The summed E-state index contributed by atoms with van der Waals surface area (Å²) < 4.78 is 60.7. The van der Waals surface area contributed by atoms with E-state index in [0.717, 1.165) is 12.3 Å². The molecule has 0 spiro atoms. The fourth-order valence-corrected chi connectivity index (χ4v) is 1.11. The van der Waals surface area contributed by atoms with Gasteiger partial charge in [-0.2, -0.15) is 21.6 Å². The van der Waals surface area contributed by atoms with E-state index in [2.05, 4.69) is 15.1 Å². The smallest absolute Gasteiger partial charge is 0.355 e. The second-order valence-electron chi connectivity index (χ2n) is 2.51. The highest BCUT2D eigenvalue weighted by atomic mass is 32.2. The molecule has 0 aliphatic heterocycles. The average Bonchev–Trinajstić information content (AvgIpc) is 2.15. The number of rotatable bonds is 2. The summed E-state index contributed by atoms with van der Waals surface area (Å²) in [5, 5.41) is 0. The molecule has 0 N–H and O–H groups in total. The Morgan fingerprint density at radius 1 is 1.44 bits per heavy atom. The van der Waals surface area contributed by atoms with Gasteiger partial charge in [-0.05, 0) is 6.07 Å². The van der Waals surface area contributed by atoms with Gasteiger partial charge in [0.1, 0.15) is 0 Å². The van der Waals surface area contributed by atoms with Crippen LogP contribution < -0.4 is 4.18 Å². The van der Waals surface area contributed by atoms with Crippen molar-refractivity contribution in [3.05, 3.63) is 23.9 Å². The van der Waals surface area contributed by atoms with Gasteiger partial charge in [-0.25, -0.2) is 4.98 Å². The fraction of sp³-hybridized carbons (Fsp3) is 0.125. The SMILES string of the molecule is C#Cc1ccnc(OS(=O)(=O)C(F)(F)F)c1. The van der Waals surface area contributed by atoms with E-state index in [0.29, 0.717) is 0 Å². The van der Waals surface area contributed by atoms with Crippen LogP contribution in [-0.4, -0.2) is 18.9 Å². The van der Waals surface area contributed by atoms with Crippen molar-refractivity contribution in [1.29, 1.82) is 0 Å². The number of hydrogen-bond donors (Lipinski definition) is 0. The second-order valence-corrected chi connectivity index (χ2v) is 4.05. The Kier molecular flexibility index (Phi) is 3.09. The first-order valence-electron chi connectivity index (χ1n) is 3.70. The van der Waals surface area contributed by atoms with Crippen LogP contribution in [0.25, 0.3) is 0 Å². The molecule has 0 bridgehead atoms. The Balaban J connectivity index is 3.03. The summed E-state index contributed by atoms with van der Waals surface area (Å²) in [6.07, 6.45) is 6.00. The Labute approximate surface area is 89.2 Å². The monoisotopic (exact) mass is 251 g/mol.